The molecule has 0 aliphatic carbocycles. The molecular formula is C19H31Cl2N3O2. The Balaban J connectivity index is 0.00000169. The van der Waals surface area contributed by atoms with E-state index in [9.17, 15) is 4.79 Å². The van der Waals surface area contributed by atoms with Crippen LogP contribution < -0.4 is 15.5 Å². The van der Waals surface area contributed by atoms with E-state index in [1.807, 2.05) is 0 Å². The Morgan fingerprint density at radius 3 is 2.73 bits per heavy atom. The molecule has 2 aliphatic heterocycles. The molecule has 2 aliphatic rings. The van der Waals surface area contributed by atoms with Gasteiger partial charge in [-0.3, -0.25) is 4.79 Å². The minimum atomic E-state index is -0.347. The third kappa shape index (κ3) is 5.26. The van der Waals surface area contributed by atoms with E-state index < -0.39 is 0 Å². The number of nitrogens with zero attached hydrogens (tertiary/aromatic N) is 1. The molecule has 7 heteroatoms. The van der Waals surface area contributed by atoms with Crippen LogP contribution in [0.2, 0.25) is 0 Å². The summed E-state index contributed by atoms with van der Waals surface area (Å²) in [6.07, 6.45) is 3.81. The smallest absolute Gasteiger partial charge is 0.228 e. The van der Waals surface area contributed by atoms with E-state index >= 15 is 0 Å². The highest BCUT2D eigenvalue weighted by Gasteiger charge is 2.39. The number of amides is 1. The first-order chi connectivity index (χ1) is 11.7. The number of benzene rings is 1. The lowest BCUT2D eigenvalue weighted by atomic mass is 9.78. The second-order valence-corrected chi connectivity index (χ2v) is 6.94. The zero-order valence-corrected chi connectivity index (χ0v) is 17.1. The zero-order chi connectivity index (χ0) is 16.8. The van der Waals surface area contributed by atoms with Crippen molar-refractivity contribution in [2.45, 2.75) is 25.7 Å². The Bertz CT molecular complexity index is 560. The van der Waals surface area contributed by atoms with Crippen molar-refractivity contribution in [1.82, 2.24) is 10.6 Å². The number of anilines is 1. The average molecular weight is 404 g/mol. The van der Waals surface area contributed by atoms with Crippen LogP contribution in [0.5, 0.6) is 0 Å². The van der Waals surface area contributed by atoms with Crippen molar-refractivity contribution in [2.75, 3.05) is 51.3 Å². The van der Waals surface area contributed by atoms with Crippen molar-refractivity contribution >= 4 is 36.4 Å². The summed E-state index contributed by atoms with van der Waals surface area (Å²) < 4.78 is 5.34. The summed E-state index contributed by atoms with van der Waals surface area (Å²) in [7, 11) is 1.68. The summed E-state index contributed by atoms with van der Waals surface area (Å²) in [5.74, 6) is 0.160. The van der Waals surface area contributed by atoms with Crippen LogP contribution in [0.4, 0.5) is 5.69 Å². The van der Waals surface area contributed by atoms with Gasteiger partial charge < -0.3 is 20.3 Å². The summed E-state index contributed by atoms with van der Waals surface area (Å²) in [5, 5.41) is 6.48. The predicted molar refractivity (Wildman–Crippen MR) is 111 cm³/mol. The van der Waals surface area contributed by atoms with Crippen molar-refractivity contribution in [2.24, 2.45) is 5.41 Å². The molecule has 5 nitrogen and oxygen atoms in total. The number of carbonyl (C=O) groups is 1. The van der Waals surface area contributed by atoms with Crippen molar-refractivity contribution in [3.63, 3.8) is 0 Å². The fourth-order valence-corrected chi connectivity index (χ4v) is 3.92. The molecule has 0 spiro atoms. The third-order valence-electron chi connectivity index (χ3n) is 5.34. The third-order valence-corrected chi connectivity index (χ3v) is 5.34. The molecule has 1 aromatic rings. The molecule has 26 heavy (non-hydrogen) atoms. The zero-order valence-electron chi connectivity index (χ0n) is 15.5. The van der Waals surface area contributed by atoms with Crippen LogP contribution in [0.25, 0.3) is 0 Å². The maximum absolute atomic E-state index is 12.7. The Hall–Kier alpha value is -1.01. The van der Waals surface area contributed by atoms with Crippen LogP contribution in [0.1, 0.15) is 24.8 Å². The molecule has 1 fully saturated rings. The van der Waals surface area contributed by atoms with Gasteiger partial charge in [0.1, 0.15) is 0 Å². The minimum absolute atomic E-state index is 0. The molecule has 148 valence electrons. The maximum Gasteiger partial charge on any atom is 0.228 e. The highest BCUT2D eigenvalue weighted by molar-refractivity contribution is 5.85. The van der Waals surface area contributed by atoms with E-state index in [-0.39, 0.29) is 36.1 Å². The summed E-state index contributed by atoms with van der Waals surface area (Å²) >= 11 is 0. The largest absolute Gasteiger partial charge is 0.384 e. The number of methoxy groups -OCH3 is 1. The second kappa shape index (κ2) is 11.0. The van der Waals surface area contributed by atoms with Crippen LogP contribution in [0.3, 0.4) is 0 Å². The van der Waals surface area contributed by atoms with E-state index in [2.05, 4.69) is 39.8 Å². The fraction of sp³-hybridized carbons (Fsp3) is 0.632. The Kier molecular flexibility index (Phi) is 9.72. The molecule has 1 aromatic carbocycles. The van der Waals surface area contributed by atoms with E-state index in [4.69, 9.17) is 4.74 Å². The summed E-state index contributed by atoms with van der Waals surface area (Å²) in [6, 6.07) is 8.62. The first-order valence-corrected chi connectivity index (χ1v) is 9.06. The topological polar surface area (TPSA) is 53.6 Å². The van der Waals surface area contributed by atoms with Gasteiger partial charge >= 0.3 is 0 Å². The molecule has 2 heterocycles. The Labute approximate surface area is 169 Å². The van der Waals surface area contributed by atoms with E-state index in [0.717, 1.165) is 58.4 Å². The second-order valence-electron chi connectivity index (χ2n) is 6.94. The first kappa shape index (κ1) is 23.0. The predicted octanol–water partition coefficient (Wildman–Crippen LogP) is 2.42. The first-order valence-electron chi connectivity index (χ1n) is 9.06. The number of para-hydroxylation sites is 1. The molecule has 2 N–H and O–H groups in total. The van der Waals surface area contributed by atoms with E-state index in [0.29, 0.717) is 6.61 Å². The SMILES string of the molecule is COCC1(C(=O)NCCCN2CCc3ccccc32)CCNCC1.Cl.Cl. The van der Waals surface area contributed by atoms with Gasteiger partial charge in [-0.1, -0.05) is 18.2 Å². The average Bonchev–Trinajstić information content (AvgIpc) is 3.03. The molecule has 1 saturated heterocycles. The van der Waals surface area contributed by atoms with E-state index in [1.165, 1.54) is 11.3 Å². The molecule has 1 amide bonds. The number of hydrogen-bond donors (Lipinski definition) is 2. The molecule has 0 aromatic heterocycles. The van der Waals surface area contributed by atoms with E-state index in [1.54, 1.807) is 7.11 Å². The monoisotopic (exact) mass is 403 g/mol. The van der Waals surface area contributed by atoms with Gasteiger partial charge in [0.25, 0.3) is 0 Å². The van der Waals surface area contributed by atoms with Crippen LogP contribution >= 0.6 is 24.8 Å². The molecule has 0 atom stereocenters. The number of halogens is 2. The summed E-state index contributed by atoms with van der Waals surface area (Å²) in [6.45, 7) is 5.11. The molecule has 3 rings (SSSR count). The van der Waals surface area contributed by atoms with Crippen molar-refractivity contribution in [3.8, 4) is 0 Å². The number of fused-ring (bicyclic) bond motifs is 1. The lowest BCUT2D eigenvalue weighted by Gasteiger charge is -2.35. The molecule has 0 unspecified atom stereocenters. The standard InChI is InChI=1S/C19H29N3O2.2ClH/c1-24-15-19(8-11-20-12-9-19)18(23)21-10-4-13-22-14-7-16-5-2-3-6-17(16)22;;/h2-3,5-6,20H,4,7-15H2,1H3,(H,21,23);2*1H. The maximum atomic E-state index is 12.7. The highest BCUT2D eigenvalue weighted by Crippen LogP contribution is 2.29. The van der Waals surface area contributed by atoms with Gasteiger partial charge in [-0.15, -0.1) is 24.8 Å². The number of ether oxygens (including phenoxy) is 1. The van der Waals surface area contributed by atoms with Crippen molar-refractivity contribution in [3.05, 3.63) is 29.8 Å². The fourth-order valence-electron chi connectivity index (χ4n) is 3.92. The number of carbonyl (C=O) groups excluding carboxylic acids is 1. The number of hydrogen-bond acceptors (Lipinski definition) is 4. The molecule has 0 radical (unpaired) electrons. The molecule has 0 bridgehead atoms. The molecular weight excluding hydrogens is 373 g/mol. The van der Waals surface area contributed by atoms with Gasteiger partial charge in [-0.25, -0.2) is 0 Å². The van der Waals surface area contributed by atoms with Crippen LogP contribution in [0.15, 0.2) is 24.3 Å². The summed E-state index contributed by atoms with van der Waals surface area (Å²) in [5.41, 5.74) is 2.45. The normalized spacial score (nSPS) is 17.7. The minimum Gasteiger partial charge on any atom is -0.384 e. The van der Waals surface area contributed by atoms with Gasteiger partial charge in [0.05, 0.1) is 12.0 Å². The quantitative estimate of drug-likeness (QED) is 0.686. The van der Waals surface area contributed by atoms with Gasteiger partial charge in [-0.05, 0) is 50.4 Å². The Morgan fingerprint density at radius 1 is 1.27 bits per heavy atom. The number of piperidine rings is 1. The summed E-state index contributed by atoms with van der Waals surface area (Å²) in [4.78, 5) is 15.1. The number of rotatable bonds is 7. The van der Waals surface area contributed by atoms with Gasteiger partial charge in [0.2, 0.25) is 5.91 Å². The molecule has 0 saturated carbocycles. The highest BCUT2D eigenvalue weighted by atomic mass is 35.5. The van der Waals surface area contributed by atoms with Gasteiger partial charge in [0, 0.05) is 32.4 Å². The number of nitrogens with one attached hydrogen (secondary N) is 2. The lowest BCUT2D eigenvalue weighted by molar-refractivity contribution is -0.136. The lowest BCUT2D eigenvalue weighted by Crippen LogP contribution is -2.50. The van der Waals surface area contributed by atoms with Crippen molar-refractivity contribution in [1.29, 1.82) is 0 Å². The van der Waals surface area contributed by atoms with Gasteiger partial charge in [-0.2, -0.15) is 0 Å². The van der Waals surface area contributed by atoms with Crippen molar-refractivity contribution < 1.29 is 9.53 Å². The van der Waals surface area contributed by atoms with Crippen LogP contribution in [0, 0.1) is 5.41 Å². The van der Waals surface area contributed by atoms with Gasteiger partial charge in [0.15, 0.2) is 0 Å². The Morgan fingerprint density at radius 2 is 2.00 bits per heavy atom. The van der Waals surface area contributed by atoms with Crippen LogP contribution in [-0.2, 0) is 16.0 Å². The van der Waals surface area contributed by atoms with Crippen LogP contribution in [-0.4, -0.2) is 52.3 Å².